The Morgan fingerprint density at radius 1 is 1.29 bits per heavy atom. The van der Waals surface area contributed by atoms with Gasteiger partial charge in [0.15, 0.2) is 11.5 Å². The molecule has 21 heavy (non-hydrogen) atoms. The first-order valence-corrected chi connectivity index (χ1v) is 8.56. The first-order chi connectivity index (χ1) is 10.3. The van der Waals surface area contributed by atoms with Crippen LogP contribution in [0.4, 0.5) is 0 Å². The van der Waals surface area contributed by atoms with Crippen molar-refractivity contribution in [1.82, 2.24) is 0 Å². The highest BCUT2D eigenvalue weighted by atomic mass is 32.2. The molecule has 0 spiro atoms. The van der Waals surface area contributed by atoms with Gasteiger partial charge in [0.1, 0.15) is 0 Å². The van der Waals surface area contributed by atoms with Gasteiger partial charge in [-0.15, -0.1) is 11.8 Å². The van der Waals surface area contributed by atoms with E-state index in [1.165, 1.54) is 0 Å². The topological polar surface area (TPSA) is 47.9 Å². The molecule has 1 aliphatic rings. The summed E-state index contributed by atoms with van der Waals surface area (Å²) in [5, 5.41) is 9.89. The lowest BCUT2D eigenvalue weighted by Gasteiger charge is -2.12. The number of ether oxygens (including phenoxy) is 3. The third-order valence-corrected chi connectivity index (χ3v) is 4.25. The first kappa shape index (κ1) is 16.5. The second-order valence-corrected chi connectivity index (χ2v) is 6.15. The summed E-state index contributed by atoms with van der Waals surface area (Å²) in [6, 6.07) is 5.92. The van der Waals surface area contributed by atoms with E-state index in [-0.39, 0.29) is 0 Å². The van der Waals surface area contributed by atoms with E-state index in [4.69, 9.17) is 14.2 Å². The fraction of sp³-hybridized carbons (Fsp3) is 0.625. The van der Waals surface area contributed by atoms with Crippen LogP contribution in [0.5, 0.6) is 11.5 Å². The minimum absolute atomic E-state index is 0.400. The van der Waals surface area contributed by atoms with Gasteiger partial charge in [0.05, 0.1) is 25.9 Å². The normalized spacial score (nSPS) is 15.5. The summed E-state index contributed by atoms with van der Waals surface area (Å²) >= 11 is 1.61. The number of hydrogen-bond acceptors (Lipinski definition) is 5. The molecule has 1 aliphatic heterocycles. The van der Waals surface area contributed by atoms with Crippen LogP contribution < -0.4 is 9.47 Å². The Kier molecular flexibility index (Phi) is 7.19. The van der Waals surface area contributed by atoms with Crippen molar-refractivity contribution in [2.75, 3.05) is 32.2 Å². The molecule has 0 saturated carbocycles. The maximum absolute atomic E-state index is 9.89. The van der Waals surface area contributed by atoms with Gasteiger partial charge in [-0.25, -0.2) is 0 Å². The van der Waals surface area contributed by atoms with Crippen LogP contribution in [0.2, 0.25) is 0 Å². The molecule has 0 amide bonds. The number of aliphatic hydroxyl groups excluding tert-OH is 1. The highest BCUT2D eigenvalue weighted by Gasteiger charge is 2.12. The Hall–Kier alpha value is -0.910. The summed E-state index contributed by atoms with van der Waals surface area (Å²) in [6.07, 6.45) is 2.62. The second kappa shape index (κ2) is 9.18. The molecule has 2 rings (SSSR count). The third-order valence-electron chi connectivity index (χ3n) is 3.11. The monoisotopic (exact) mass is 312 g/mol. The van der Waals surface area contributed by atoms with E-state index in [0.717, 1.165) is 42.3 Å². The van der Waals surface area contributed by atoms with Gasteiger partial charge < -0.3 is 19.3 Å². The maximum Gasteiger partial charge on any atom is 0.162 e. The molecule has 0 saturated heterocycles. The van der Waals surface area contributed by atoms with E-state index in [1.807, 2.05) is 18.2 Å². The molecule has 1 aromatic carbocycles. The smallest absolute Gasteiger partial charge is 0.162 e. The van der Waals surface area contributed by atoms with Crippen LogP contribution in [0.3, 0.4) is 0 Å². The molecule has 0 radical (unpaired) electrons. The largest absolute Gasteiger partial charge is 0.490 e. The minimum Gasteiger partial charge on any atom is -0.490 e. The highest BCUT2D eigenvalue weighted by Crippen LogP contribution is 2.34. The second-order valence-electron chi connectivity index (χ2n) is 5.05. The standard InChI is InChI=1S/C16H24O4S/c1-2-3-7-18-11-13(17)12-21-14-5-6-15-16(10-14)20-9-4-8-19-15/h5-6,10,13,17H,2-4,7-9,11-12H2,1H3. The molecular weight excluding hydrogens is 288 g/mol. The number of aliphatic hydroxyl groups is 1. The quantitative estimate of drug-likeness (QED) is 0.590. The van der Waals surface area contributed by atoms with Crippen LogP contribution in [0.15, 0.2) is 23.1 Å². The van der Waals surface area contributed by atoms with Crippen LogP contribution in [-0.2, 0) is 4.74 Å². The zero-order valence-corrected chi connectivity index (χ0v) is 13.4. The number of rotatable bonds is 8. The van der Waals surface area contributed by atoms with E-state index >= 15 is 0 Å². The molecule has 0 bridgehead atoms. The lowest BCUT2D eigenvalue weighted by Crippen LogP contribution is -2.18. The van der Waals surface area contributed by atoms with E-state index in [2.05, 4.69) is 6.92 Å². The van der Waals surface area contributed by atoms with Crippen molar-refractivity contribution < 1.29 is 19.3 Å². The van der Waals surface area contributed by atoms with Gasteiger partial charge in [0, 0.05) is 23.7 Å². The van der Waals surface area contributed by atoms with Crippen molar-refractivity contribution in [3.05, 3.63) is 18.2 Å². The molecule has 1 N–H and O–H groups in total. The summed E-state index contributed by atoms with van der Waals surface area (Å²) in [5.41, 5.74) is 0. The predicted molar refractivity (Wildman–Crippen MR) is 84.5 cm³/mol. The maximum atomic E-state index is 9.89. The van der Waals surface area contributed by atoms with Crippen molar-refractivity contribution in [2.24, 2.45) is 0 Å². The zero-order valence-electron chi connectivity index (χ0n) is 12.5. The van der Waals surface area contributed by atoms with Crippen molar-refractivity contribution in [2.45, 2.75) is 37.2 Å². The molecule has 0 aliphatic carbocycles. The fourth-order valence-corrected chi connectivity index (χ4v) is 2.78. The molecular formula is C16H24O4S. The van der Waals surface area contributed by atoms with Crippen molar-refractivity contribution in [3.8, 4) is 11.5 Å². The molecule has 4 nitrogen and oxygen atoms in total. The van der Waals surface area contributed by atoms with Crippen molar-refractivity contribution in [1.29, 1.82) is 0 Å². The van der Waals surface area contributed by atoms with Gasteiger partial charge in [0.25, 0.3) is 0 Å². The van der Waals surface area contributed by atoms with Crippen LogP contribution in [0.1, 0.15) is 26.2 Å². The number of thioether (sulfide) groups is 1. The van der Waals surface area contributed by atoms with E-state index in [9.17, 15) is 5.11 Å². The Morgan fingerprint density at radius 2 is 2.10 bits per heavy atom. The van der Waals surface area contributed by atoms with Gasteiger partial charge in [-0.1, -0.05) is 13.3 Å². The lowest BCUT2D eigenvalue weighted by molar-refractivity contribution is 0.0473. The molecule has 0 fully saturated rings. The Balaban J connectivity index is 1.76. The average molecular weight is 312 g/mol. The molecule has 118 valence electrons. The molecule has 1 heterocycles. The Morgan fingerprint density at radius 3 is 2.90 bits per heavy atom. The number of hydrogen-bond donors (Lipinski definition) is 1. The van der Waals surface area contributed by atoms with Gasteiger partial charge in [-0.2, -0.15) is 0 Å². The van der Waals surface area contributed by atoms with Crippen molar-refractivity contribution >= 4 is 11.8 Å². The lowest BCUT2D eigenvalue weighted by atomic mass is 10.3. The van der Waals surface area contributed by atoms with Crippen LogP contribution in [-0.4, -0.2) is 43.4 Å². The van der Waals surface area contributed by atoms with E-state index in [1.54, 1.807) is 11.8 Å². The number of fused-ring (bicyclic) bond motifs is 1. The van der Waals surface area contributed by atoms with Crippen LogP contribution in [0.25, 0.3) is 0 Å². The summed E-state index contributed by atoms with van der Waals surface area (Å²) in [7, 11) is 0. The molecule has 5 heteroatoms. The number of benzene rings is 1. The zero-order chi connectivity index (χ0) is 14.9. The van der Waals surface area contributed by atoms with Crippen molar-refractivity contribution in [3.63, 3.8) is 0 Å². The summed E-state index contributed by atoms with van der Waals surface area (Å²) in [5.74, 6) is 2.22. The van der Waals surface area contributed by atoms with E-state index in [0.29, 0.717) is 25.6 Å². The molecule has 1 unspecified atom stereocenters. The third kappa shape index (κ3) is 5.77. The van der Waals surface area contributed by atoms with Crippen LogP contribution in [0, 0.1) is 0 Å². The fourth-order valence-electron chi connectivity index (χ4n) is 1.94. The van der Waals surface area contributed by atoms with Gasteiger partial charge in [-0.05, 0) is 24.6 Å². The summed E-state index contributed by atoms with van der Waals surface area (Å²) < 4.78 is 16.7. The summed E-state index contributed by atoms with van der Waals surface area (Å²) in [6.45, 7) is 4.64. The SMILES string of the molecule is CCCCOCC(O)CSc1ccc2c(c1)OCCCO2. The summed E-state index contributed by atoms with van der Waals surface area (Å²) in [4.78, 5) is 1.08. The van der Waals surface area contributed by atoms with E-state index < -0.39 is 6.10 Å². The van der Waals surface area contributed by atoms with Crippen LogP contribution >= 0.6 is 11.8 Å². The minimum atomic E-state index is -0.442. The average Bonchev–Trinajstić information content (AvgIpc) is 2.74. The first-order valence-electron chi connectivity index (χ1n) is 7.58. The predicted octanol–water partition coefficient (Wildman–Crippen LogP) is 3.12. The Labute approximate surface area is 130 Å². The van der Waals surface area contributed by atoms with Gasteiger partial charge >= 0.3 is 0 Å². The molecule has 1 atom stereocenters. The Bertz CT molecular complexity index is 425. The highest BCUT2D eigenvalue weighted by molar-refractivity contribution is 7.99. The molecule has 1 aromatic rings. The molecule has 0 aromatic heterocycles. The number of unbranched alkanes of at least 4 members (excludes halogenated alkanes) is 1. The van der Waals surface area contributed by atoms with Gasteiger partial charge in [0.2, 0.25) is 0 Å². The van der Waals surface area contributed by atoms with Gasteiger partial charge in [-0.3, -0.25) is 0 Å².